The van der Waals surface area contributed by atoms with Crippen molar-refractivity contribution in [1.82, 2.24) is 0 Å². The molecule has 0 fully saturated rings. The molecule has 0 heterocycles. The molecule has 120 valence electrons. The van der Waals surface area contributed by atoms with Gasteiger partial charge in [0.25, 0.3) is 0 Å². The van der Waals surface area contributed by atoms with Crippen LogP contribution in [0, 0.1) is 62.1 Å². The molecule has 0 N–H and O–H groups in total. The van der Waals surface area contributed by atoms with Crippen LogP contribution in [0.15, 0.2) is 12.2 Å². The Morgan fingerprint density at radius 3 is 1.70 bits per heavy atom. The number of hydrogen-bond donors (Lipinski definition) is 0. The predicted molar refractivity (Wildman–Crippen MR) is 87.7 cm³/mol. The summed E-state index contributed by atoms with van der Waals surface area (Å²) in [6, 6.07) is 7.79. The number of allylic oxidation sites excluding steroid dienone is 1. The average molecular weight is 326 g/mol. The minimum Gasteiger partial charge on any atom is -0.408 e. The topological polar surface area (TPSA) is 104 Å². The maximum absolute atomic E-state index is 9.75. The largest absolute Gasteiger partial charge is 0.408 e. The van der Waals surface area contributed by atoms with Crippen LogP contribution in [0.3, 0.4) is 0 Å². The molecule has 1 rings (SSSR count). The monoisotopic (exact) mass is 326 g/mol. The summed E-state index contributed by atoms with van der Waals surface area (Å²) in [5.41, 5.74) is -3.60. The van der Waals surface area contributed by atoms with Crippen molar-refractivity contribution in [3.05, 3.63) is 12.2 Å². The first kappa shape index (κ1) is 18.9. The van der Waals surface area contributed by atoms with Crippen molar-refractivity contribution >= 4 is 8.32 Å². The Balaban J connectivity index is 3.56. The summed E-state index contributed by atoms with van der Waals surface area (Å²) >= 11 is 0. The van der Waals surface area contributed by atoms with Gasteiger partial charge in [-0.15, -0.1) is 0 Å². The van der Waals surface area contributed by atoms with E-state index in [-0.39, 0.29) is 5.04 Å². The SMILES string of the molecule is CC1C=CC(O[Si](C)(C)C(C)(C)C)C(C#N)(C#N)C1(C#N)C#N. The number of hydrogen-bond acceptors (Lipinski definition) is 5. The van der Waals surface area contributed by atoms with Crippen LogP contribution in [0.2, 0.25) is 18.1 Å². The highest BCUT2D eigenvalue weighted by Gasteiger charge is 2.64. The molecule has 0 amide bonds. The summed E-state index contributed by atoms with van der Waals surface area (Å²) in [7, 11) is -2.30. The van der Waals surface area contributed by atoms with E-state index in [1.807, 2.05) is 37.4 Å². The summed E-state index contributed by atoms with van der Waals surface area (Å²) in [6.45, 7) is 11.9. The minimum absolute atomic E-state index is 0.123. The molecule has 6 heteroatoms. The molecule has 0 aliphatic heterocycles. The van der Waals surface area contributed by atoms with Gasteiger partial charge in [-0.25, -0.2) is 0 Å². The molecular weight excluding hydrogens is 304 g/mol. The summed E-state index contributed by atoms with van der Waals surface area (Å²) in [5.74, 6) is -0.531. The lowest BCUT2D eigenvalue weighted by atomic mass is 9.55. The highest BCUT2D eigenvalue weighted by atomic mass is 28.4. The van der Waals surface area contributed by atoms with Crippen molar-refractivity contribution in [2.24, 2.45) is 16.7 Å². The van der Waals surface area contributed by atoms with E-state index in [1.165, 1.54) is 0 Å². The van der Waals surface area contributed by atoms with Crippen LogP contribution >= 0.6 is 0 Å². The normalized spacial score (nSPS) is 25.5. The van der Waals surface area contributed by atoms with Gasteiger partial charge >= 0.3 is 0 Å². The Morgan fingerprint density at radius 2 is 1.35 bits per heavy atom. The van der Waals surface area contributed by atoms with Gasteiger partial charge in [-0.2, -0.15) is 21.0 Å². The maximum atomic E-state index is 9.75. The lowest BCUT2D eigenvalue weighted by Gasteiger charge is -2.46. The van der Waals surface area contributed by atoms with Crippen LogP contribution in [0.4, 0.5) is 0 Å². The Morgan fingerprint density at radius 1 is 0.913 bits per heavy atom. The van der Waals surface area contributed by atoms with Crippen molar-refractivity contribution in [3.8, 4) is 24.3 Å². The molecule has 0 bridgehead atoms. The Bertz CT molecular complexity index is 648. The lowest BCUT2D eigenvalue weighted by Crippen LogP contribution is -2.56. The van der Waals surface area contributed by atoms with E-state index >= 15 is 0 Å². The Kier molecular flexibility index (Phi) is 4.79. The number of nitrogens with zero attached hydrogens (tertiary/aromatic N) is 4. The smallest absolute Gasteiger partial charge is 0.204 e. The highest BCUT2D eigenvalue weighted by molar-refractivity contribution is 6.74. The molecule has 1 aliphatic rings. The van der Waals surface area contributed by atoms with Gasteiger partial charge in [0.1, 0.15) is 0 Å². The van der Waals surface area contributed by atoms with Gasteiger partial charge in [-0.05, 0) is 18.1 Å². The maximum Gasteiger partial charge on any atom is 0.204 e. The van der Waals surface area contributed by atoms with E-state index in [1.54, 1.807) is 19.1 Å². The molecule has 2 atom stereocenters. The second-order valence-corrected chi connectivity index (χ2v) is 12.3. The molecule has 1 aliphatic carbocycles. The van der Waals surface area contributed by atoms with E-state index in [2.05, 4.69) is 20.8 Å². The molecule has 0 radical (unpaired) electrons. The van der Waals surface area contributed by atoms with Crippen molar-refractivity contribution in [2.45, 2.75) is 51.9 Å². The molecule has 0 aromatic heterocycles. The summed E-state index contributed by atoms with van der Waals surface area (Å²) in [5, 5.41) is 38.7. The number of nitriles is 4. The van der Waals surface area contributed by atoms with Crippen LogP contribution < -0.4 is 0 Å². The average Bonchev–Trinajstić information content (AvgIpc) is 2.47. The molecule has 23 heavy (non-hydrogen) atoms. The van der Waals surface area contributed by atoms with Crippen LogP contribution in [-0.2, 0) is 4.43 Å². The van der Waals surface area contributed by atoms with Gasteiger partial charge in [-0.3, -0.25) is 0 Å². The summed E-state index contributed by atoms with van der Waals surface area (Å²) in [6.07, 6.45) is 2.48. The van der Waals surface area contributed by atoms with E-state index in [9.17, 15) is 21.0 Å². The second-order valence-electron chi connectivity index (χ2n) is 7.54. The first-order valence-corrected chi connectivity index (χ1v) is 10.4. The molecule has 0 saturated heterocycles. The number of rotatable bonds is 2. The van der Waals surface area contributed by atoms with Gasteiger partial charge in [0.15, 0.2) is 13.7 Å². The third kappa shape index (κ3) is 2.55. The lowest BCUT2D eigenvalue weighted by molar-refractivity contribution is 0.0679. The van der Waals surface area contributed by atoms with Gasteiger partial charge in [0.2, 0.25) is 5.41 Å². The van der Waals surface area contributed by atoms with Gasteiger partial charge in [0.05, 0.1) is 30.4 Å². The third-order valence-corrected chi connectivity index (χ3v) is 9.70. The summed E-state index contributed by atoms with van der Waals surface area (Å²) in [4.78, 5) is 0. The fraction of sp³-hybridized carbons (Fsp3) is 0.647. The van der Waals surface area contributed by atoms with Crippen molar-refractivity contribution in [1.29, 1.82) is 21.0 Å². The van der Waals surface area contributed by atoms with Crippen LogP contribution in [0.5, 0.6) is 0 Å². The van der Waals surface area contributed by atoms with Crippen molar-refractivity contribution < 1.29 is 4.43 Å². The Labute approximate surface area is 139 Å². The van der Waals surface area contributed by atoms with Crippen LogP contribution in [-0.4, -0.2) is 14.4 Å². The first-order chi connectivity index (χ1) is 10.5. The highest BCUT2D eigenvalue weighted by Crippen LogP contribution is 2.52. The van der Waals surface area contributed by atoms with Gasteiger partial charge in [-0.1, -0.05) is 39.8 Å². The van der Waals surface area contributed by atoms with E-state index in [0.717, 1.165) is 0 Å². The van der Waals surface area contributed by atoms with Crippen LogP contribution in [0.25, 0.3) is 0 Å². The van der Waals surface area contributed by atoms with Gasteiger partial charge < -0.3 is 4.43 Å². The standard InChI is InChI=1S/C17H22N4OSi/c1-13-7-8-14(22-23(5,6)15(2,3)4)17(11-20,12-21)16(13,9-18)10-19/h7-8,13-14H,1-6H3. The van der Waals surface area contributed by atoms with Crippen molar-refractivity contribution in [3.63, 3.8) is 0 Å². The molecule has 2 unspecified atom stereocenters. The van der Waals surface area contributed by atoms with E-state index in [4.69, 9.17) is 4.43 Å². The zero-order valence-electron chi connectivity index (χ0n) is 14.5. The fourth-order valence-electron chi connectivity index (χ4n) is 2.50. The molecular formula is C17H22N4OSi. The molecule has 5 nitrogen and oxygen atoms in total. The zero-order chi connectivity index (χ0) is 18.1. The van der Waals surface area contributed by atoms with Gasteiger partial charge in [0, 0.05) is 5.92 Å². The Hall–Kier alpha value is -2.12. The molecule has 0 aromatic carbocycles. The quantitative estimate of drug-likeness (QED) is 0.569. The second kappa shape index (κ2) is 5.82. The molecule has 0 aromatic rings. The minimum atomic E-state index is -2.30. The third-order valence-electron chi connectivity index (χ3n) is 5.24. The summed E-state index contributed by atoms with van der Waals surface area (Å²) < 4.78 is 6.25. The first-order valence-electron chi connectivity index (χ1n) is 7.49. The van der Waals surface area contributed by atoms with E-state index in [0.29, 0.717) is 0 Å². The predicted octanol–water partition coefficient (Wildman–Crippen LogP) is 3.65. The zero-order valence-corrected chi connectivity index (χ0v) is 15.5. The fourth-order valence-corrected chi connectivity index (χ4v) is 3.74. The van der Waals surface area contributed by atoms with Crippen molar-refractivity contribution in [2.75, 3.05) is 0 Å². The molecule has 0 saturated carbocycles. The molecule has 0 spiro atoms. The van der Waals surface area contributed by atoms with E-state index < -0.39 is 31.2 Å². The van der Waals surface area contributed by atoms with Crippen LogP contribution in [0.1, 0.15) is 27.7 Å².